The topological polar surface area (TPSA) is 70.1 Å². The highest BCUT2D eigenvalue weighted by Gasteiger charge is 2.18. The Morgan fingerprint density at radius 2 is 1.94 bits per heavy atom. The maximum Gasteiger partial charge on any atom is 0.267 e. The predicted octanol–water partition coefficient (Wildman–Crippen LogP) is 1.66. The van der Waals surface area contributed by atoms with Crippen molar-refractivity contribution in [1.82, 2.24) is 4.98 Å². The number of benzene rings is 1. The number of hydrogen-bond donors (Lipinski definition) is 1. The van der Waals surface area contributed by atoms with E-state index in [4.69, 9.17) is 5.73 Å². The summed E-state index contributed by atoms with van der Waals surface area (Å²) in [6.45, 7) is 3.27. The number of nitrogens with zero attached hydrogens (tertiary/aromatic N) is 1. The van der Waals surface area contributed by atoms with Gasteiger partial charge in [0.15, 0.2) is 5.78 Å². The van der Waals surface area contributed by atoms with E-state index in [9.17, 15) is 4.79 Å². The van der Waals surface area contributed by atoms with Crippen molar-refractivity contribution in [2.75, 3.05) is 5.73 Å². The number of aromatic nitrogens is 2. The zero-order chi connectivity index (χ0) is 12.4. The Hall–Kier alpha value is -2.23. The van der Waals surface area contributed by atoms with Crippen LogP contribution in [0, 0.1) is 6.92 Å². The van der Waals surface area contributed by atoms with E-state index in [1.54, 1.807) is 6.92 Å². The van der Waals surface area contributed by atoms with Crippen molar-refractivity contribution in [2.24, 2.45) is 0 Å². The highest BCUT2D eigenvalue weighted by molar-refractivity contribution is 5.98. The van der Waals surface area contributed by atoms with Crippen LogP contribution in [0.25, 0.3) is 11.4 Å². The number of nitrogens with two attached hydrogens (primary N) is 1. The van der Waals surface area contributed by atoms with Crippen molar-refractivity contribution in [3.63, 3.8) is 0 Å². The van der Waals surface area contributed by atoms with Gasteiger partial charge in [-0.25, -0.2) is 4.98 Å². The molecule has 0 aliphatic heterocycles. The van der Waals surface area contributed by atoms with Gasteiger partial charge in [-0.1, -0.05) is 18.2 Å². The molecule has 0 radical (unpaired) electrons. The molecule has 86 valence electrons. The van der Waals surface area contributed by atoms with Gasteiger partial charge in [0.05, 0.1) is 5.56 Å². The Morgan fingerprint density at radius 3 is 2.47 bits per heavy atom. The Morgan fingerprint density at radius 1 is 1.29 bits per heavy atom. The number of carbonyl (C=O) groups excluding carboxylic acids is 1. The van der Waals surface area contributed by atoms with Gasteiger partial charge in [0.25, 0.3) is 5.82 Å². The zero-order valence-electron chi connectivity index (χ0n) is 9.82. The second-order valence-corrected chi connectivity index (χ2v) is 3.88. The van der Waals surface area contributed by atoms with Crippen LogP contribution in [-0.4, -0.2) is 10.8 Å². The van der Waals surface area contributed by atoms with Gasteiger partial charge in [-0.3, -0.25) is 4.79 Å². The summed E-state index contributed by atoms with van der Waals surface area (Å²) < 4.78 is 0. The molecule has 4 nitrogen and oxygen atoms in total. The molecule has 4 heteroatoms. The second kappa shape index (κ2) is 4.33. The first-order valence-corrected chi connectivity index (χ1v) is 5.35. The summed E-state index contributed by atoms with van der Waals surface area (Å²) in [4.78, 5) is 18.7. The molecule has 0 saturated carbocycles. The number of H-pyrrole nitrogens is 1. The van der Waals surface area contributed by atoms with Crippen LogP contribution in [0.5, 0.6) is 0 Å². The van der Waals surface area contributed by atoms with Crippen molar-refractivity contribution in [3.8, 4) is 11.4 Å². The molecular weight excluding hydrogens is 214 g/mol. The fourth-order valence-corrected chi connectivity index (χ4v) is 1.81. The molecule has 0 fully saturated rings. The molecule has 1 heterocycles. The second-order valence-electron chi connectivity index (χ2n) is 3.88. The number of anilines is 1. The fourth-order valence-electron chi connectivity index (χ4n) is 1.81. The average Bonchev–Trinajstić information content (AvgIpc) is 2.28. The van der Waals surface area contributed by atoms with Crippen LogP contribution in [0.15, 0.2) is 30.3 Å². The summed E-state index contributed by atoms with van der Waals surface area (Å²) in [5.74, 6) is 0.956. The number of ketones is 1. The maximum absolute atomic E-state index is 11.4. The first-order chi connectivity index (χ1) is 8.09. The summed E-state index contributed by atoms with van der Waals surface area (Å²) in [6, 6.07) is 9.66. The van der Waals surface area contributed by atoms with Crippen molar-refractivity contribution in [2.45, 2.75) is 13.8 Å². The van der Waals surface area contributed by atoms with Crippen LogP contribution in [-0.2, 0) is 0 Å². The lowest BCUT2D eigenvalue weighted by Crippen LogP contribution is -2.21. The molecule has 0 atom stereocenters. The first kappa shape index (κ1) is 11.3. The molecule has 0 bridgehead atoms. The molecular formula is C13H14N3O+. The Kier molecular flexibility index (Phi) is 2.87. The lowest BCUT2D eigenvalue weighted by Gasteiger charge is -2.02. The lowest BCUT2D eigenvalue weighted by atomic mass is 10.1. The Labute approximate surface area is 99.5 Å². The van der Waals surface area contributed by atoms with E-state index >= 15 is 0 Å². The van der Waals surface area contributed by atoms with Crippen molar-refractivity contribution >= 4 is 11.6 Å². The number of aryl methyl sites for hydroxylation is 1. The molecule has 0 unspecified atom stereocenters. The highest BCUT2D eigenvalue weighted by Crippen LogP contribution is 2.16. The number of aromatic amines is 1. The summed E-state index contributed by atoms with van der Waals surface area (Å²) >= 11 is 0. The first-order valence-electron chi connectivity index (χ1n) is 5.35. The van der Waals surface area contributed by atoms with Gasteiger partial charge in [0.1, 0.15) is 11.3 Å². The molecule has 1 aromatic carbocycles. The smallest absolute Gasteiger partial charge is 0.267 e. The molecule has 17 heavy (non-hydrogen) atoms. The van der Waals surface area contributed by atoms with Crippen LogP contribution >= 0.6 is 0 Å². The third-order valence-corrected chi connectivity index (χ3v) is 2.56. The van der Waals surface area contributed by atoms with Crippen LogP contribution in [0.4, 0.5) is 5.82 Å². The summed E-state index contributed by atoms with van der Waals surface area (Å²) in [7, 11) is 0. The third kappa shape index (κ3) is 2.15. The SMILES string of the molecule is CC(=O)c1c(C)nc(-c2ccccc2)[nH+]c1N. The normalized spacial score (nSPS) is 10.2. The van der Waals surface area contributed by atoms with Gasteiger partial charge in [-0.15, -0.1) is 4.98 Å². The molecule has 0 aliphatic rings. The molecule has 0 spiro atoms. The van der Waals surface area contributed by atoms with E-state index in [1.165, 1.54) is 6.92 Å². The number of Topliss-reactive ketones (excluding diaryl/α,β-unsaturated/α-hetero) is 1. The summed E-state index contributed by atoms with van der Waals surface area (Å²) in [5, 5.41) is 0. The van der Waals surface area contributed by atoms with E-state index in [-0.39, 0.29) is 5.78 Å². The van der Waals surface area contributed by atoms with Gasteiger partial charge >= 0.3 is 0 Å². The highest BCUT2D eigenvalue weighted by atomic mass is 16.1. The van der Waals surface area contributed by atoms with Crippen LogP contribution in [0.2, 0.25) is 0 Å². The van der Waals surface area contributed by atoms with Crippen LogP contribution in [0.3, 0.4) is 0 Å². The Bertz CT molecular complexity index is 541. The monoisotopic (exact) mass is 228 g/mol. The number of nitrogens with one attached hydrogen (secondary N) is 1. The fraction of sp³-hybridized carbons (Fsp3) is 0.154. The lowest BCUT2D eigenvalue weighted by molar-refractivity contribution is -0.351. The van der Waals surface area contributed by atoms with Gasteiger partial charge in [-0.2, -0.15) is 0 Å². The molecule has 0 aliphatic carbocycles. The van der Waals surface area contributed by atoms with E-state index in [0.29, 0.717) is 22.9 Å². The predicted molar refractivity (Wildman–Crippen MR) is 65.4 cm³/mol. The van der Waals surface area contributed by atoms with Gasteiger partial charge in [-0.05, 0) is 26.0 Å². The van der Waals surface area contributed by atoms with Gasteiger partial charge in [0.2, 0.25) is 5.82 Å². The van der Waals surface area contributed by atoms with Gasteiger partial charge < -0.3 is 5.73 Å². The minimum atomic E-state index is -0.0802. The molecule has 1 aromatic heterocycles. The Balaban J connectivity index is 2.57. The minimum absolute atomic E-state index is 0.0802. The van der Waals surface area contributed by atoms with Crippen LogP contribution in [0.1, 0.15) is 23.0 Å². The van der Waals surface area contributed by atoms with E-state index in [0.717, 1.165) is 5.56 Å². The van der Waals surface area contributed by atoms with Crippen molar-refractivity contribution in [1.29, 1.82) is 0 Å². The minimum Gasteiger partial charge on any atom is -0.318 e. The third-order valence-electron chi connectivity index (χ3n) is 2.56. The van der Waals surface area contributed by atoms with Crippen molar-refractivity contribution < 1.29 is 9.78 Å². The number of hydrogen-bond acceptors (Lipinski definition) is 3. The van der Waals surface area contributed by atoms with Crippen LogP contribution < -0.4 is 10.7 Å². The quantitative estimate of drug-likeness (QED) is 0.794. The maximum atomic E-state index is 11.4. The summed E-state index contributed by atoms with van der Waals surface area (Å²) in [5.41, 5.74) is 7.89. The zero-order valence-corrected chi connectivity index (χ0v) is 9.82. The summed E-state index contributed by atoms with van der Waals surface area (Å²) in [6.07, 6.45) is 0. The number of nitrogen functional groups attached to an aromatic ring is 1. The van der Waals surface area contributed by atoms with E-state index in [1.807, 2.05) is 30.3 Å². The molecule has 0 saturated heterocycles. The molecule has 2 aromatic rings. The number of carbonyl (C=O) groups is 1. The molecule has 2 rings (SSSR count). The standard InChI is InChI=1S/C13H13N3O/c1-8-11(9(2)17)12(14)16-13(15-8)10-6-4-3-5-7-10/h3-7H,1-2H3,(H2,14,15,16)/p+1. The molecule has 3 N–H and O–H groups in total. The van der Waals surface area contributed by atoms with E-state index in [2.05, 4.69) is 9.97 Å². The number of rotatable bonds is 2. The van der Waals surface area contributed by atoms with Gasteiger partial charge in [0, 0.05) is 0 Å². The van der Waals surface area contributed by atoms with E-state index < -0.39 is 0 Å². The molecule has 0 amide bonds. The van der Waals surface area contributed by atoms with Crippen molar-refractivity contribution in [3.05, 3.63) is 41.6 Å². The largest absolute Gasteiger partial charge is 0.318 e. The average molecular weight is 228 g/mol.